The van der Waals surface area contributed by atoms with Gasteiger partial charge in [-0.25, -0.2) is 4.79 Å². The molecule has 98 valence electrons. The topological polar surface area (TPSA) is 26.3 Å². The van der Waals surface area contributed by atoms with Crippen molar-refractivity contribution in [1.82, 2.24) is 0 Å². The lowest BCUT2D eigenvalue weighted by molar-refractivity contribution is -0.134. The quantitative estimate of drug-likeness (QED) is 0.393. The Morgan fingerprint density at radius 3 is 2.40 bits per heavy atom. The van der Waals surface area contributed by atoms with Gasteiger partial charge in [-0.1, -0.05) is 42.5 Å². The summed E-state index contributed by atoms with van der Waals surface area (Å²) in [6.45, 7) is 0. The molecule has 0 aromatic heterocycles. The van der Waals surface area contributed by atoms with Crippen molar-refractivity contribution in [2.45, 2.75) is 0 Å². The summed E-state index contributed by atoms with van der Waals surface area (Å²) in [5, 5.41) is 4.70. The van der Waals surface area contributed by atoms with Gasteiger partial charge in [-0.15, -0.1) is 0 Å². The fourth-order valence-corrected chi connectivity index (χ4v) is 2.36. The Kier molecular flexibility index (Phi) is 3.21. The molecular formula is C18H14O2. The number of methoxy groups -OCH3 is 1. The lowest BCUT2D eigenvalue weighted by Gasteiger charge is -2.05. The standard InChI is InChI=1S/C18H14O2/c1-20-18(19)10-9-13-7-4-8-16-11-14-5-2-3-6-15(14)12-17(13)16/h2-12H,1H3. The molecule has 0 N–H and O–H groups in total. The van der Waals surface area contributed by atoms with Crippen molar-refractivity contribution in [1.29, 1.82) is 0 Å². The Labute approximate surface area is 117 Å². The molecule has 3 aromatic carbocycles. The molecule has 20 heavy (non-hydrogen) atoms. The first kappa shape index (κ1) is 12.4. The minimum absolute atomic E-state index is 0.345. The molecule has 0 aliphatic rings. The molecule has 3 aromatic rings. The Balaban J connectivity index is 2.20. The van der Waals surface area contributed by atoms with Gasteiger partial charge in [-0.3, -0.25) is 0 Å². The van der Waals surface area contributed by atoms with Crippen molar-refractivity contribution in [3.63, 3.8) is 0 Å². The Hall–Kier alpha value is -2.61. The van der Waals surface area contributed by atoms with Crippen molar-refractivity contribution < 1.29 is 9.53 Å². The maximum Gasteiger partial charge on any atom is 0.330 e. The first-order valence-corrected chi connectivity index (χ1v) is 6.45. The molecule has 0 saturated carbocycles. The van der Waals surface area contributed by atoms with Crippen molar-refractivity contribution in [3.8, 4) is 0 Å². The van der Waals surface area contributed by atoms with Gasteiger partial charge in [0, 0.05) is 6.08 Å². The van der Waals surface area contributed by atoms with Gasteiger partial charge in [0.25, 0.3) is 0 Å². The molecule has 0 radical (unpaired) electrons. The van der Waals surface area contributed by atoms with Gasteiger partial charge in [0.05, 0.1) is 7.11 Å². The van der Waals surface area contributed by atoms with Crippen LogP contribution in [0.15, 0.2) is 60.7 Å². The molecule has 0 saturated heterocycles. The molecule has 0 fully saturated rings. The zero-order valence-corrected chi connectivity index (χ0v) is 11.2. The maximum absolute atomic E-state index is 11.2. The number of carbonyl (C=O) groups excluding carboxylic acids is 1. The molecule has 0 heterocycles. The lowest BCUT2D eigenvalue weighted by atomic mass is 9.99. The van der Waals surface area contributed by atoms with Crippen LogP contribution in [0.3, 0.4) is 0 Å². The van der Waals surface area contributed by atoms with Crippen LogP contribution in [0.1, 0.15) is 5.56 Å². The summed E-state index contributed by atoms with van der Waals surface area (Å²) < 4.78 is 4.63. The average molecular weight is 262 g/mol. The third-order valence-corrected chi connectivity index (χ3v) is 3.38. The van der Waals surface area contributed by atoms with Crippen LogP contribution in [0.5, 0.6) is 0 Å². The molecule has 0 atom stereocenters. The number of carbonyl (C=O) groups is 1. The van der Waals surface area contributed by atoms with E-state index in [0.717, 1.165) is 16.3 Å². The zero-order valence-electron chi connectivity index (χ0n) is 11.2. The molecule has 3 rings (SSSR count). The highest BCUT2D eigenvalue weighted by atomic mass is 16.5. The Bertz CT molecular complexity index is 816. The minimum Gasteiger partial charge on any atom is -0.466 e. The second kappa shape index (κ2) is 5.17. The van der Waals surface area contributed by atoms with Gasteiger partial charge in [-0.2, -0.15) is 0 Å². The molecule has 2 heteroatoms. The fourth-order valence-electron chi connectivity index (χ4n) is 2.36. The number of fused-ring (bicyclic) bond motifs is 2. The number of ether oxygens (including phenoxy) is 1. The lowest BCUT2D eigenvalue weighted by Crippen LogP contribution is -1.93. The van der Waals surface area contributed by atoms with Crippen molar-refractivity contribution in [2.24, 2.45) is 0 Å². The van der Waals surface area contributed by atoms with Crippen LogP contribution in [0, 0.1) is 0 Å². The smallest absolute Gasteiger partial charge is 0.330 e. The Morgan fingerprint density at radius 2 is 1.65 bits per heavy atom. The highest BCUT2D eigenvalue weighted by Crippen LogP contribution is 2.26. The maximum atomic E-state index is 11.2. The van der Waals surface area contributed by atoms with Crippen LogP contribution in [-0.4, -0.2) is 13.1 Å². The molecule has 0 aliphatic carbocycles. The summed E-state index contributed by atoms with van der Waals surface area (Å²) >= 11 is 0. The first-order valence-electron chi connectivity index (χ1n) is 6.45. The second-order valence-electron chi connectivity index (χ2n) is 4.62. The van der Waals surface area contributed by atoms with Gasteiger partial charge >= 0.3 is 5.97 Å². The first-order chi connectivity index (χ1) is 9.78. The third kappa shape index (κ3) is 2.28. The Morgan fingerprint density at radius 1 is 0.950 bits per heavy atom. The van der Waals surface area contributed by atoms with Crippen LogP contribution in [0.25, 0.3) is 27.6 Å². The molecule has 2 nitrogen and oxygen atoms in total. The van der Waals surface area contributed by atoms with Crippen molar-refractivity contribution in [3.05, 3.63) is 66.2 Å². The number of esters is 1. The van der Waals surface area contributed by atoms with Gasteiger partial charge in [0.1, 0.15) is 0 Å². The van der Waals surface area contributed by atoms with E-state index in [2.05, 4.69) is 35.1 Å². The summed E-state index contributed by atoms with van der Waals surface area (Å²) in [7, 11) is 1.38. The van der Waals surface area contributed by atoms with E-state index >= 15 is 0 Å². The monoisotopic (exact) mass is 262 g/mol. The van der Waals surface area contributed by atoms with Crippen molar-refractivity contribution >= 4 is 33.6 Å². The van der Waals surface area contributed by atoms with Gasteiger partial charge in [0.15, 0.2) is 0 Å². The van der Waals surface area contributed by atoms with Crippen LogP contribution in [-0.2, 0) is 9.53 Å². The van der Waals surface area contributed by atoms with Gasteiger partial charge < -0.3 is 4.74 Å². The van der Waals surface area contributed by atoms with E-state index < -0.39 is 0 Å². The minimum atomic E-state index is -0.345. The number of hydrogen-bond donors (Lipinski definition) is 0. The largest absolute Gasteiger partial charge is 0.466 e. The number of rotatable bonds is 2. The van der Waals surface area contributed by atoms with E-state index in [4.69, 9.17) is 0 Å². The van der Waals surface area contributed by atoms with E-state index in [1.807, 2.05) is 24.3 Å². The van der Waals surface area contributed by atoms with Crippen LogP contribution in [0.2, 0.25) is 0 Å². The van der Waals surface area contributed by atoms with E-state index in [1.54, 1.807) is 6.08 Å². The van der Waals surface area contributed by atoms with Crippen molar-refractivity contribution in [2.75, 3.05) is 7.11 Å². The second-order valence-corrected chi connectivity index (χ2v) is 4.62. The molecule has 0 unspecified atom stereocenters. The average Bonchev–Trinajstić information content (AvgIpc) is 2.50. The summed E-state index contributed by atoms with van der Waals surface area (Å²) in [4.78, 5) is 11.2. The number of hydrogen-bond acceptors (Lipinski definition) is 2. The number of benzene rings is 3. The summed E-state index contributed by atoms with van der Waals surface area (Å²) in [5.74, 6) is -0.345. The molecular weight excluding hydrogens is 248 g/mol. The summed E-state index contributed by atoms with van der Waals surface area (Å²) in [5.41, 5.74) is 1.01. The SMILES string of the molecule is COC(=O)C=Cc1cccc2cc3ccccc3cc12. The third-order valence-electron chi connectivity index (χ3n) is 3.38. The van der Waals surface area contributed by atoms with Gasteiger partial charge in [-0.05, 0) is 45.3 Å². The van der Waals surface area contributed by atoms with E-state index in [1.165, 1.54) is 24.0 Å². The molecule has 0 aliphatic heterocycles. The predicted molar refractivity (Wildman–Crippen MR) is 82.5 cm³/mol. The predicted octanol–water partition coefficient (Wildman–Crippen LogP) is 4.18. The fraction of sp³-hybridized carbons (Fsp3) is 0.0556. The van der Waals surface area contributed by atoms with E-state index in [0.29, 0.717) is 0 Å². The van der Waals surface area contributed by atoms with E-state index in [-0.39, 0.29) is 5.97 Å². The van der Waals surface area contributed by atoms with Crippen LogP contribution in [0.4, 0.5) is 0 Å². The normalized spacial score (nSPS) is 11.2. The molecule has 0 bridgehead atoms. The van der Waals surface area contributed by atoms with Gasteiger partial charge in [0.2, 0.25) is 0 Å². The summed E-state index contributed by atoms with van der Waals surface area (Å²) in [6.07, 6.45) is 3.24. The van der Waals surface area contributed by atoms with Crippen LogP contribution >= 0.6 is 0 Å². The summed E-state index contributed by atoms with van der Waals surface area (Å²) in [6, 6.07) is 18.7. The molecule has 0 spiro atoms. The highest BCUT2D eigenvalue weighted by Gasteiger charge is 2.01. The molecule has 0 amide bonds. The van der Waals surface area contributed by atoms with E-state index in [9.17, 15) is 4.79 Å². The zero-order chi connectivity index (χ0) is 13.9. The highest BCUT2D eigenvalue weighted by molar-refractivity contribution is 6.02. The van der Waals surface area contributed by atoms with Crippen LogP contribution < -0.4 is 0 Å².